The molecule has 0 saturated carbocycles. The minimum atomic E-state index is -0.0953. The number of hydrogen-bond donors (Lipinski definition) is 1. The first-order chi connectivity index (χ1) is 5.35. The van der Waals surface area contributed by atoms with Crippen molar-refractivity contribution in [1.29, 1.82) is 0 Å². The van der Waals surface area contributed by atoms with Crippen LogP contribution >= 0.6 is 0 Å². The Kier molecular flexibility index (Phi) is 6.67. The highest BCUT2D eigenvalue weighted by Crippen LogP contribution is 1.90. The quantitative estimate of drug-likeness (QED) is 0.204. The number of methoxy groups -OCH3 is 1. The zero-order chi connectivity index (χ0) is 8.53. The molecule has 0 aromatic carbocycles. The van der Waals surface area contributed by atoms with Crippen molar-refractivity contribution in [1.82, 2.24) is 0 Å². The van der Waals surface area contributed by atoms with Crippen molar-refractivity contribution in [3.63, 3.8) is 0 Å². The lowest BCUT2D eigenvalue weighted by Gasteiger charge is -2.08. The highest BCUT2D eigenvalue weighted by molar-refractivity contribution is 5.57. The molecule has 0 rings (SSSR count). The van der Waals surface area contributed by atoms with Crippen LogP contribution in [0.1, 0.15) is 0 Å². The molecule has 4 heteroatoms. The Labute approximate surface area is 66.1 Å². The molecule has 4 nitrogen and oxygen atoms in total. The van der Waals surface area contributed by atoms with Crippen LogP contribution in [0.15, 0.2) is 17.8 Å². The van der Waals surface area contributed by atoms with Crippen molar-refractivity contribution in [2.24, 2.45) is 5.16 Å². The molecule has 0 aromatic heterocycles. The lowest BCUT2D eigenvalue weighted by atomic mass is 10.4. The molecule has 1 N–H and O–H groups in total. The SMILES string of the molecule is C=CC(COC/C=N\O)OC. The Hall–Kier alpha value is -0.870. The van der Waals surface area contributed by atoms with E-state index in [0.29, 0.717) is 6.61 Å². The number of hydrogen-bond acceptors (Lipinski definition) is 4. The summed E-state index contributed by atoms with van der Waals surface area (Å²) in [7, 11) is 1.58. The normalized spacial score (nSPS) is 13.5. The molecule has 0 radical (unpaired) electrons. The Balaban J connectivity index is 3.28. The zero-order valence-corrected chi connectivity index (χ0v) is 6.56. The van der Waals surface area contributed by atoms with Gasteiger partial charge in [-0.05, 0) is 0 Å². The van der Waals surface area contributed by atoms with E-state index in [0.717, 1.165) is 0 Å². The molecule has 0 fully saturated rings. The number of rotatable bonds is 6. The summed E-state index contributed by atoms with van der Waals surface area (Å²) in [5.41, 5.74) is 0. The third-order valence-electron chi connectivity index (χ3n) is 1.12. The van der Waals surface area contributed by atoms with Crippen LogP contribution in [0.25, 0.3) is 0 Å². The molecule has 0 heterocycles. The fourth-order valence-electron chi connectivity index (χ4n) is 0.503. The topological polar surface area (TPSA) is 51.0 Å². The van der Waals surface area contributed by atoms with Crippen molar-refractivity contribution in [2.75, 3.05) is 20.3 Å². The summed E-state index contributed by atoms with van der Waals surface area (Å²) in [5.74, 6) is 0. The molecule has 0 aliphatic heterocycles. The van der Waals surface area contributed by atoms with E-state index in [9.17, 15) is 0 Å². The molecule has 11 heavy (non-hydrogen) atoms. The third-order valence-corrected chi connectivity index (χ3v) is 1.12. The zero-order valence-electron chi connectivity index (χ0n) is 6.56. The maximum Gasteiger partial charge on any atom is 0.0983 e. The smallest absolute Gasteiger partial charge is 0.0983 e. The van der Waals surface area contributed by atoms with Gasteiger partial charge in [0.2, 0.25) is 0 Å². The summed E-state index contributed by atoms with van der Waals surface area (Å²) in [4.78, 5) is 0. The standard InChI is InChI=1S/C7H13NO3/c1-3-7(10-2)6-11-5-4-8-9/h3-4,7,9H,1,5-6H2,2H3/b8-4-. The highest BCUT2D eigenvalue weighted by Gasteiger charge is 1.99. The van der Waals surface area contributed by atoms with E-state index in [-0.39, 0.29) is 12.7 Å². The molecule has 64 valence electrons. The van der Waals surface area contributed by atoms with Crippen LogP contribution in [0, 0.1) is 0 Å². The average Bonchev–Trinajstić information content (AvgIpc) is 2.05. The van der Waals surface area contributed by atoms with E-state index in [1.165, 1.54) is 6.21 Å². The van der Waals surface area contributed by atoms with Gasteiger partial charge in [-0.2, -0.15) is 0 Å². The molecule has 1 atom stereocenters. The number of oxime groups is 1. The van der Waals surface area contributed by atoms with Gasteiger partial charge in [0.15, 0.2) is 0 Å². The van der Waals surface area contributed by atoms with E-state index in [2.05, 4.69) is 11.7 Å². The van der Waals surface area contributed by atoms with E-state index < -0.39 is 0 Å². The summed E-state index contributed by atoms with van der Waals surface area (Å²) < 4.78 is 9.94. The van der Waals surface area contributed by atoms with Crippen LogP contribution in [-0.4, -0.2) is 37.8 Å². The van der Waals surface area contributed by atoms with Crippen molar-refractivity contribution in [3.8, 4) is 0 Å². The Morgan fingerprint density at radius 1 is 1.73 bits per heavy atom. The second-order valence-electron chi connectivity index (χ2n) is 1.85. The minimum absolute atomic E-state index is 0.0953. The molecule has 0 aromatic rings. The predicted octanol–water partition coefficient (Wildman–Crippen LogP) is 0.664. The number of ether oxygens (including phenoxy) is 2. The second-order valence-corrected chi connectivity index (χ2v) is 1.85. The van der Waals surface area contributed by atoms with Crippen molar-refractivity contribution >= 4 is 6.21 Å². The summed E-state index contributed by atoms with van der Waals surface area (Å²) in [6.45, 7) is 4.25. The molecule has 0 aliphatic carbocycles. The predicted molar refractivity (Wildman–Crippen MR) is 42.1 cm³/mol. The van der Waals surface area contributed by atoms with Crippen molar-refractivity contribution in [3.05, 3.63) is 12.7 Å². The van der Waals surface area contributed by atoms with E-state index in [4.69, 9.17) is 14.7 Å². The fraction of sp³-hybridized carbons (Fsp3) is 0.571. The highest BCUT2D eigenvalue weighted by atomic mass is 16.5. The van der Waals surface area contributed by atoms with Gasteiger partial charge in [-0.15, -0.1) is 6.58 Å². The van der Waals surface area contributed by atoms with Crippen molar-refractivity contribution < 1.29 is 14.7 Å². The van der Waals surface area contributed by atoms with Gasteiger partial charge < -0.3 is 14.7 Å². The third kappa shape index (κ3) is 5.57. The van der Waals surface area contributed by atoms with Crippen LogP contribution in [0.4, 0.5) is 0 Å². The fourth-order valence-corrected chi connectivity index (χ4v) is 0.503. The minimum Gasteiger partial charge on any atom is -0.411 e. The van der Waals surface area contributed by atoms with Gasteiger partial charge in [0.25, 0.3) is 0 Å². The van der Waals surface area contributed by atoms with Gasteiger partial charge in [-0.3, -0.25) is 0 Å². The second kappa shape index (κ2) is 7.24. The Bertz CT molecular complexity index is 125. The molecule has 0 aliphatic rings. The molecule has 0 bridgehead atoms. The first-order valence-electron chi connectivity index (χ1n) is 3.24. The molecular formula is C7H13NO3. The summed E-state index contributed by atoms with van der Waals surface area (Å²) >= 11 is 0. The lowest BCUT2D eigenvalue weighted by molar-refractivity contribution is 0.0482. The molecule has 0 spiro atoms. The van der Waals surface area contributed by atoms with Crippen molar-refractivity contribution in [2.45, 2.75) is 6.10 Å². The maximum absolute atomic E-state index is 7.98. The van der Waals surface area contributed by atoms with Gasteiger partial charge in [-0.1, -0.05) is 11.2 Å². The summed E-state index contributed by atoms with van der Waals surface area (Å²) in [6.07, 6.45) is 2.81. The van der Waals surface area contributed by atoms with Gasteiger partial charge in [-0.25, -0.2) is 0 Å². The summed E-state index contributed by atoms with van der Waals surface area (Å²) in [6, 6.07) is 0. The lowest BCUT2D eigenvalue weighted by Crippen LogP contribution is -2.15. The molecule has 0 amide bonds. The van der Waals surface area contributed by atoms with E-state index in [1.54, 1.807) is 13.2 Å². The first-order valence-corrected chi connectivity index (χ1v) is 3.24. The van der Waals surface area contributed by atoms with Crippen LogP contribution in [0.5, 0.6) is 0 Å². The average molecular weight is 159 g/mol. The largest absolute Gasteiger partial charge is 0.411 e. The molecule has 1 unspecified atom stereocenters. The van der Waals surface area contributed by atoms with Gasteiger partial charge >= 0.3 is 0 Å². The summed E-state index contributed by atoms with van der Waals surface area (Å²) in [5, 5.41) is 10.8. The first kappa shape index (κ1) is 10.1. The van der Waals surface area contributed by atoms with Gasteiger partial charge in [0, 0.05) is 7.11 Å². The maximum atomic E-state index is 7.98. The van der Waals surface area contributed by atoms with Crippen LogP contribution in [0.3, 0.4) is 0 Å². The molecular weight excluding hydrogens is 146 g/mol. The molecule has 0 saturated heterocycles. The van der Waals surface area contributed by atoms with Crippen LogP contribution in [0.2, 0.25) is 0 Å². The Morgan fingerprint density at radius 2 is 2.45 bits per heavy atom. The van der Waals surface area contributed by atoms with Crippen LogP contribution < -0.4 is 0 Å². The van der Waals surface area contributed by atoms with E-state index in [1.807, 2.05) is 0 Å². The van der Waals surface area contributed by atoms with Gasteiger partial charge in [0.1, 0.15) is 0 Å². The van der Waals surface area contributed by atoms with E-state index >= 15 is 0 Å². The monoisotopic (exact) mass is 159 g/mol. The Morgan fingerprint density at radius 3 is 2.91 bits per heavy atom. The van der Waals surface area contributed by atoms with Crippen LogP contribution in [-0.2, 0) is 9.47 Å². The van der Waals surface area contributed by atoms with Gasteiger partial charge in [0.05, 0.1) is 25.5 Å². The number of nitrogens with zero attached hydrogens (tertiary/aromatic N) is 1.